The first-order valence-corrected chi connectivity index (χ1v) is 15.2. The molecule has 12 heteroatoms. The Balaban J connectivity index is 1.47. The lowest BCUT2D eigenvalue weighted by Crippen LogP contribution is -2.48. The average Bonchev–Trinajstić information content (AvgIpc) is 3.69. The van der Waals surface area contributed by atoms with Gasteiger partial charge in [-0.25, -0.2) is 4.98 Å². The van der Waals surface area contributed by atoms with Crippen molar-refractivity contribution < 1.29 is 28.7 Å². The zero-order valence-corrected chi connectivity index (χ0v) is 25.7. The molecular formula is C30H41N5O6S. The van der Waals surface area contributed by atoms with Crippen LogP contribution in [0.4, 0.5) is 0 Å². The van der Waals surface area contributed by atoms with Gasteiger partial charge in [-0.15, -0.1) is 11.3 Å². The van der Waals surface area contributed by atoms with Crippen molar-refractivity contribution in [2.24, 2.45) is 5.92 Å². The van der Waals surface area contributed by atoms with Gasteiger partial charge in [0.25, 0.3) is 0 Å². The van der Waals surface area contributed by atoms with Crippen molar-refractivity contribution in [2.45, 2.75) is 58.7 Å². The van der Waals surface area contributed by atoms with Crippen LogP contribution in [-0.4, -0.2) is 84.1 Å². The smallest absolute Gasteiger partial charge is 0.243 e. The van der Waals surface area contributed by atoms with Gasteiger partial charge in [-0.1, -0.05) is 31.1 Å². The molecule has 3 aromatic rings. The highest BCUT2D eigenvalue weighted by Gasteiger charge is 2.43. The van der Waals surface area contributed by atoms with E-state index in [1.165, 1.54) is 4.90 Å². The third-order valence-corrected chi connectivity index (χ3v) is 8.24. The Morgan fingerprint density at radius 3 is 2.69 bits per heavy atom. The summed E-state index contributed by atoms with van der Waals surface area (Å²) in [6.07, 6.45) is -0.632. The molecule has 1 aliphatic rings. The number of thiazole rings is 1. The van der Waals surface area contributed by atoms with E-state index in [4.69, 9.17) is 14.0 Å². The second-order valence-electron chi connectivity index (χ2n) is 10.9. The molecule has 11 nitrogen and oxygen atoms in total. The fourth-order valence-corrected chi connectivity index (χ4v) is 5.89. The largest absolute Gasteiger partial charge is 0.491 e. The van der Waals surface area contributed by atoms with E-state index in [-0.39, 0.29) is 37.2 Å². The van der Waals surface area contributed by atoms with Crippen molar-refractivity contribution in [2.75, 3.05) is 40.0 Å². The van der Waals surface area contributed by atoms with Gasteiger partial charge in [0.05, 0.1) is 41.1 Å². The SMILES string of the molecule is CNCCOCCOc1cc(-c2scnc2C)ccc1CNC(=O)[C@@H]1C[C@@H](O)CN1C(=O)[C@@H](c1cc(C)no1)C(C)C. The summed E-state index contributed by atoms with van der Waals surface area (Å²) >= 11 is 1.56. The van der Waals surface area contributed by atoms with Crippen LogP contribution in [0.2, 0.25) is 0 Å². The van der Waals surface area contributed by atoms with Gasteiger partial charge in [-0.05, 0) is 38.4 Å². The molecule has 0 unspecified atom stereocenters. The summed E-state index contributed by atoms with van der Waals surface area (Å²) in [7, 11) is 1.87. The minimum absolute atomic E-state index is 0.0814. The molecule has 1 aliphatic heterocycles. The standard InChI is InChI=1S/C30H41N5O6S/c1-18(2)27(26-12-19(3)34-41-26)30(38)35-16-23(36)14-24(35)29(37)32-15-22-7-6-21(28-20(4)33-17-42-28)13-25(22)40-11-10-39-9-8-31-5/h6-7,12-13,17-18,23-24,27,31,36H,8-11,14-16H2,1-5H3,(H,32,37)/t23-,24+,27-/m1/s1. The van der Waals surface area contributed by atoms with Gasteiger partial charge in [0, 0.05) is 37.7 Å². The molecule has 3 atom stereocenters. The molecule has 228 valence electrons. The Morgan fingerprint density at radius 2 is 2.02 bits per heavy atom. The topological polar surface area (TPSA) is 139 Å². The van der Waals surface area contributed by atoms with Crippen LogP contribution in [0.3, 0.4) is 0 Å². The number of benzene rings is 1. The molecule has 3 heterocycles. The minimum Gasteiger partial charge on any atom is -0.491 e. The number of β-amino-alcohol motifs (C(OH)–C–C–N with tert-alkyl or cyclic N) is 1. The maximum atomic E-state index is 13.7. The highest BCUT2D eigenvalue weighted by molar-refractivity contribution is 7.13. The molecule has 2 amide bonds. The highest BCUT2D eigenvalue weighted by atomic mass is 32.1. The number of aliphatic hydroxyl groups is 1. The van der Waals surface area contributed by atoms with Crippen molar-refractivity contribution in [3.63, 3.8) is 0 Å². The van der Waals surface area contributed by atoms with Crippen LogP contribution >= 0.6 is 11.3 Å². The molecule has 1 fully saturated rings. The zero-order valence-electron chi connectivity index (χ0n) is 24.9. The molecule has 0 aliphatic carbocycles. The number of hydrogen-bond acceptors (Lipinski definition) is 10. The number of nitrogens with one attached hydrogen (secondary N) is 2. The number of aliphatic hydroxyl groups excluding tert-OH is 1. The number of hydrogen-bond donors (Lipinski definition) is 3. The van der Waals surface area contributed by atoms with Crippen LogP contribution in [-0.2, 0) is 20.9 Å². The fraction of sp³-hybridized carbons (Fsp3) is 0.533. The molecular weight excluding hydrogens is 558 g/mol. The maximum Gasteiger partial charge on any atom is 0.243 e. The van der Waals surface area contributed by atoms with Gasteiger partial charge in [-0.3, -0.25) is 9.59 Å². The first-order valence-electron chi connectivity index (χ1n) is 14.3. The number of rotatable bonds is 14. The number of nitrogens with zero attached hydrogens (tertiary/aromatic N) is 3. The van der Waals surface area contributed by atoms with E-state index in [0.29, 0.717) is 37.0 Å². The van der Waals surface area contributed by atoms with Crippen LogP contribution in [0, 0.1) is 19.8 Å². The van der Waals surface area contributed by atoms with Gasteiger partial charge in [0.2, 0.25) is 11.8 Å². The van der Waals surface area contributed by atoms with E-state index >= 15 is 0 Å². The predicted molar refractivity (Wildman–Crippen MR) is 159 cm³/mol. The van der Waals surface area contributed by atoms with Crippen LogP contribution in [0.25, 0.3) is 10.4 Å². The molecule has 4 rings (SSSR count). The second kappa shape index (κ2) is 14.7. The molecule has 1 aromatic carbocycles. The Kier molecular flexibility index (Phi) is 11.1. The molecule has 2 aromatic heterocycles. The summed E-state index contributed by atoms with van der Waals surface area (Å²) in [6, 6.07) is 6.81. The summed E-state index contributed by atoms with van der Waals surface area (Å²) in [6.45, 7) is 10.00. The number of likely N-dealkylation sites (tertiary alicyclic amines) is 1. The van der Waals surface area contributed by atoms with Crippen molar-refractivity contribution in [3.8, 4) is 16.2 Å². The third-order valence-electron chi connectivity index (χ3n) is 7.26. The van der Waals surface area contributed by atoms with E-state index in [1.54, 1.807) is 24.3 Å². The lowest BCUT2D eigenvalue weighted by molar-refractivity contribution is -0.141. The number of aromatic nitrogens is 2. The Labute approximate surface area is 250 Å². The summed E-state index contributed by atoms with van der Waals surface area (Å²) < 4.78 is 17.1. The van der Waals surface area contributed by atoms with Crippen molar-refractivity contribution in [1.29, 1.82) is 0 Å². The number of carbonyl (C=O) groups excluding carboxylic acids is 2. The lowest BCUT2D eigenvalue weighted by atomic mass is 9.91. The summed E-state index contributed by atoms with van der Waals surface area (Å²) in [5.74, 6) is -0.193. The Morgan fingerprint density at radius 1 is 1.21 bits per heavy atom. The number of likely N-dealkylation sites (N-methyl/N-ethyl adjacent to an activating group) is 1. The molecule has 42 heavy (non-hydrogen) atoms. The van der Waals surface area contributed by atoms with Crippen LogP contribution in [0.1, 0.15) is 48.9 Å². The molecule has 0 bridgehead atoms. The monoisotopic (exact) mass is 599 g/mol. The number of carbonyl (C=O) groups is 2. The van der Waals surface area contributed by atoms with E-state index in [2.05, 4.69) is 20.8 Å². The van der Waals surface area contributed by atoms with Crippen molar-refractivity contribution >= 4 is 23.2 Å². The van der Waals surface area contributed by atoms with Gasteiger partial charge < -0.3 is 34.6 Å². The number of aryl methyl sites for hydroxylation is 2. The molecule has 3 N–H and O–H groups in total. The van der Waals surface area contributed by atoms with E-state index < -0.39 is 18.1 Å². The van der Waals surface area contributed by atoms with Crippen LogP contribution in [0.15, 0.2) is 34.3 Å². The first kappa shape index (κ1) is 31.6. The minimum atomic E-state index is -0.804. The zero-order chi connectivity index (χ0) is 30.2. The van der Waals surface area contributed by atoms with E-state index in [9.17, 15) is 14.7 Å². The van der Waals surface area contributed by atoms with Crippen molar-refractivity contribution in [3.05, 3.63) is 52.5 Å². The number of ether oxygens (including phenoxy) is 2. The Hall–Kier alpha value is -3.32. The second-order valence-corrected chi connectivity index (χ2v) is 11.7. The summed E-state index contributed by atoms with van der Waals surface area (Å²) in [5.41, 5.74) is 5.20. The molecule has 0 radical (unpaired) electrons. The summed E-state index contributed by atoms with van der Waals surface area (Å²) in [4.78, 5) is 34.0. The Bertz CT molecular complexity index is 1340. The van der Waals surface area contributed by atoms with E-state index in [0.717, 1.165) is 28.2 Å². The molecule has 1 saturated heterocycles. The molecule has 0 spiro atoms. The average molecular weight is 600 g/mol. The van der Waals surface area contributed by atoms with Crippen LogP contribution < -0.4 is 15.4 Å². The first-order chi connectivity index (χ1) is 20.2. The quantitative estimate of drug-likeness (QED) is 0.239. The van der Waals surface area contributed by atoms with Gasteiger partial charge in [0.1, 0.15) is 30.1 Å². The van der Waals surface area contributed by atoms with Gasteiger partial charge >= 0.3 is 0 Å². The highest BCUT2D eigenvalue weighted by Crippen LogP contribution is 2.33. The fourth-order valence-electron chi connectivity index (χ4n) is 5.09. The normalized spacial score (nSPS) is 17.5. The maximum absolute atomic E-state index is 13.7. The van der Waals surface area contributed by atoms with Gasteiger partial charge in [-0.2, -0.15) is 0 Å². The predicted octanol–water partition coefficient (Wildman–Crippen LogP) is 3.05. The van der Waals surface area contributed by atoms with Crippen LogP contribution in [0.5, 0.6) is 5.75 Å². The third kappa shape index (κ3) is 7.74. The lowest BCUT2D eigenvalue weighted by Gasteiger charge is -2.28. The molecule has 0 saturated carbocycles. The van der Waals surface area contributed by atoms with Gasteiger partial charge in [0.15, 0.2) is 0 Å². The van der Waals surface area contributed by atoms with Crippen molar-refractivity contribution in [1.82, 2.24) is 25.7 Å². The summed E-state index contributed by atoms with van der Waals surface area (Å²) in [5, 5.41) is 20.4. The number of amides is 2. The van der Waals surface area contributed by atoms with E-state index in [1.807, 2.05) is 51.5 Å².